The maximum absolute atomic E-state index is 12.7. The van der Waals surface area contributed by atoms with E-state index in [1.54, 1.807) is 17.9 Å². The van der Waals surface area contributed by atoms with Gasteiger partial charge in [-0.2, -0.15) is 0 Å². The molecule has 0 saturated carbocycles. The molecule has 116 valence electrons. The maximum Gasteiger partial charge on any atom is 0.257 e. The van der Waals surface area contributed by atoms with Crippen LogP contribution in [-0.4, -0.2) is 40.2 Å². The van der Waals surface area contributed by atoms with Crippen LogP contribution in [-0.2, 0) is 0 Å². The first kappa shape index (κ1) is 14.9. The van der Waals surface area contributed by atoms with Crippen LogP contribution in [0.25, 0.3) is 10.8 Å². The molecule has 1 aliphatic rings. The second-order valence-corrected chi connectivity index (χ2v) is 6.08. The van der Waals surface area contributed by atoms with E-state index in [9.17, 15) is 15.0 Å². The molecule has 0 aromatic heterocycles. The van der Waals surface area contributed by atoms with Crippen molar-refractivity contribution in [2.45, 2.75) is 25.9 Å². The Bertz CT molecular complexity index is 696. The van der Waals surface area contributed by atoms with E-state index >= 15 is 0 Å². The molecule has 1 amide bonds. The number of carbonyl (C=O) groups excluding carboxylic acids is 1. The van der Waals surface area contributed by atoms with Crippen LogP contribution in [0.15, 0.2) is 36.4 Å². The van der Waals surface area contributed by atoms with Crippen LogP contribution in [0, 0.1) is 5.92 Å². The summed E-state index contributed by atoms with van der Waals surface area (Å²) in [5, 5.41) is 21.8. The van der Waals surface area contributed by atoms with Crippen LogP contribution < -0.4 is 0 Å². The average Bonchev–Trinajstić information content (AvgIpc) is 2.55. The highest BCUT2D eigenvalue weighted by atomic mass is 16.3. The Labute approximate surface area is 130 Å². The molecule has 2 aromatic carbocycles. The van der Waals surface area contributed by atoms with Crippen molar-refractivity contribution in [3.8, 4) is 5.75 Å². The quantitative estimate of drug-likeness (QED) is 0.896. The molecule has 2 N–H and O–H groups in total. The third-order valence-corrected chi connectivity index (χ3v) is 4.56. The van der Waals surface area contributed by atoms with Gasteiger partial charge in [-0.15, -0.1) is 0 Å². The molecule has 2 unspecified atom stereocenters. The van der Waals surface area contributed by atoms with Gasteiger partial charge in [0.15, 0.2) is 0 Å². The maximum atomic E-state index is 12.7. The zero-order valence-electron chi connectivity index (χ0n) is 12.7. The van der Waals surface area contributed by atoms with Crippen LogP contribution in [0.3, 0.4) is 0 Å². The van der Waals surface area contributed by atoms with Gasteiger partial charge in [0.05, 0.1) is 11.7 Å². The van der Waals surface area contributed by atoms with Crippen molar-refractivity contribution in [3.63, 3.8) is 0 Å². The minimum absolute atomic E-state index is 0.0438. The molecule has 1 aliphatic heterocycles. The van der Waals surface area contributed by atoms with Gasteiger partial charge in [-0.25, -0.2) is 0 Å². The van der Waals surface area contributed by atoms with Gasteiger partial charge in [-0.1, -0.05) is 30.3 Å². The number of phenols is 1. The molecule has 0 aliphatic carbocycles. The van der Waals surface area contributed by atoms with Crippen molar-refractivity contribution in [1.82, 2.24) is 4.90 Å². The van der Waals surface area contributed by atoms with E-state index in [1.165, 1.54) is 0 Å². The molecular weight excluding hydrogens is 278 g/mol. The van der Waals surface area contributed by atoms with Crippen molar-refractivity contribution < 1.29 is 15.0 Å². The molecule has 0 bridgehead atoms. The Hall–Kier alpha value is -2.07. The van der Waals surface area contributed by atoms with E-state index in [2.05, 4.69) is 0 Å². The standard InChI is InChI=1S/C18H21NO3/c1-12(20)14-6-4-10-19(11-14)18(22)16-9-8-13-5-2-3-7-15(13)17(16)21/h2-3,5,7-9,12,14,20-21H,4,6,10-11H2,1H3. The fourth-order valence-corrected chi connectivity index (χ4v) is 3.19. The zero-order valence-corrected chi connectivity index (χ0v) is 12.7. The number of fused-ring (bicyclic) bond motifs is 1. The Morgan fingerprint density at radius 1 is 1.27 bits per heavy atom. The lowest BCUT2D eigenvalue weighted by atomic mass is 9.93. The average molecular weight is 299 g/mol. The first-order chi connectivity index (χ1) is 10.6. The van der Waals surface area contributed by atoms with Gasteiger partial charge in [0, 0.05) is 24.4 Å². The number of piperidine rings is 1. The number of aliphatic hydroxyl groups is 1. The summed E-state index contributed by atoms with van der Waals surface area (Å²) in [6, 6.07) is 11.0. The van der Waals surface area contributed by atoms with Gasteiger partial charge < -0.3 is 15.1 Å². The number of aromatic hydroxyl groups is 1. The van der Waals surface area contributed by atoms with E-state index < -0.39 is 6.10 Å². The lowest BCUT2D eigenvalue weighted by molar-refractivity contribution is 0.0464. The molecular formula is C18H21NO3. The van der Waals surface area contributed by atoms with E-state index in [0.717, 1.165) is 18.2 Å². The number of benzene rings is 2. The second-order valence-electron chi connectivity index (χ2n) is 6.08. The normalized spacial score (nSPS) is 20.1. The van der Waals surface area contributed by atoms with Gasteiger partial charge >= 0.3 is 0 Å². The van der Waals surface area contributed by atoms with Crippen molar-refractivity contribution in [2.75, 3.05) is 13.1 Å². The first-order valence-electron chi connectivity index (χ1n) is 7.76. The Morgan fingerprint density at radius 3 is 2.82 bits per heavy atom. The lowest BCUT2D eigenvalue weighted by Crippen LogP contribution is -2.42. The number of carbonyl (C=O) groups is 1. The molecule has 4 heteroatoms. The minimum Gasteiger partial charge on any atom is -0.506 e. The van der Waals surface area contributed by atoms with Crippen LogP contribution in [0.2, 0.25) is 0 Å². The molecule has 22 heavy (non-hydrogen) atoms. The number of hydrogen-bond donors (Lipinski definition) is 2. The molecule has 1 saturated heterocycles. The van der Waals surface area contributed by atoms with E-state index in [1.807, 2.05) is 30.3 Å². The summed E-state index contributed by atoms with van der Waals surface area (Å²) >= 11 is 0. The number of hydrogen-bond acceptors (Lipinski definition) is 3. The van der Waals surface area contributed by atoms with Crippen LogP contribution in [0.4, 0.5) is 0 Å². The third-order valence-electron chi connectivity index (χ3n) is 4.56. The summed E-state index contributed by atoms with van der Waals surface area (Å²) < 4.78 is 0. The Balaban J connectivity index is 1.90. The first-order valence-corrected chi connectivity index (χ1v) is 7.76. The smallest absolute Gasteiger partial charge is 0.257 e. The number of rotatable bonds is 2. The number of amides is 1. The van der Waals surface area contributed by atoms with Crippen molar-refractivity contribution >= 4 is 16.7 Å². The molecule has 3 rings (SSSR count). The second kappa shape index (κ2) is 5.97. The largest absolute Gasteiger partial charge is 0.506 e. The SMILES string of the molecule is CC(O)C1CCCN(C(=O)c2ccc3ccccc3c2O)C1. The predicted molar refractivity (Wildman–Crippen MR) is 85.9 cm³/mol. The summed E-state index contributed by atoms with van der Waals surface area (Å²) in [5.41, 5.74) is 0.338. The van der Waals surface area contributed by atoms with E-state index in [4.69, 9.17) is 0 Å². The molecule has 2 atom stereocenters. The number of phenolic OH excluding ortho intramolecular Hbond substituents is 1. The van der Waals surface area contributed by atoms with Crippen molar-refractivity contribution in [2.24, 2.45) is 5.92 Å². The molecule has 0 spiro atoms. The highest BCUT2D eigenvalue weighted by molar-refractivity contribution is 6.03. The predicted octanol–water partition coefficient (Wildman–Crippen LogP) is 2.78. The number of nitrogens with zero attached hydrogens (tertiary/aromatic N) is 1. The molecule has 4 nitrogen and oxygen atoms in total. The molecule has 2 aromatic rings. The van der Waals surface area contributed by atoms with E-state index in [0.29, 0.717) is 24.0 Å². The fraction of sp³-hybridized carbons (Fsp3) is 0.389. The molecule has 1 fully saturated rings. The third kappa shape index (κ3) is 2.66. The minimum atomic E-state index is -0.416. The Morgan fingerprint density at radius 2 is 2.05 bits per heavy atom. The van der Waals surface area contributed by atoms with Gasteiger partial charge in [0.1, 0.15) is 5.75 Å². The van der Waals surface area contributed by atoms with Gasteiger partial charge in [0.25, 0.3) is 5.91 Å². The van der Waals surface area contributed by atoms with Gasteiger partial charge in [-0.3, -0.25) is 4.79 Å². The van der Waals surface area contributed by atoms with Gasteiger partial charge in [0.2, 0.25) is 0 Å². The number of aliphatic hydroxyl groups excluding tert-OH is 1. The van der Waals surface area contributed by atoms with Crippen molar-refractivity contribution in [3.05, 3.63) is 42.0 Å². The van der Waals surface area contributed by atoms with E-state index in [-0.39, 0.29) is 17.6 Å². The van der Waals surface area contributed by atoms with Crippen molar-refractivity contribution in [1.29, 1.82) is 0 Å². The summed E-state index contributed by atoms with van der Waals surface area (Å²) in [6.45, 7) is 2.99. The van der Waals surface area contributed by atoms with Crippen LogP contribution in [0.1, 0.15) is 30.1 Å². The summed E-state index contributed by atoms with van der Waals surface area (Å²) in [6.07, 6.45) is 1.40. The topological polar surface area (TPSA) is 60.8 Å². The summed E-state index contributed by atoms with van der Waals surface area (Å²) in [4.78, 5) is 14.5. The monoisotopic (exact) mass is 299 g/mol. The van der Waals surface area contributed by atoms with Crippen LogP contribution >= 0.6 is 0 Å². The lowest BCUT2D eigenvalue weighted by Gasteiger charge is -2.34. The highest BCUT2D eigenvalue weighted by Crippen LogP contribution is 2.30. The zero-order chi connectivity index (χ0) is 15.7. The highest BCUT2D eigenvalue weighted by Gasteiger charge is 2.28. The van der Waals surface area contributed by atoms with Gasteiger partial charge in [-0.05, 0) is 31.2 Å². The molecule has 0 radical (unpaired) electrons. The number of likely N-dealkylation sites (tertiary alicyclic amines) is 1. The summed E-state index contributed by atoms with van der Waals surface area (Å²) in [7, 11) is 0. The van der Waals surface area contributed by atoms with Crippen LogP contribution in [0.5, 0.6) is 5.75 Å². The molecule has 1 heterocycles. The fourth-order valence-electron chi connectivity index (χ4n) is 3.19. The summed E-state index contributed by atoms with van der Waals surface area (Å²) in [5.74, 6) is -0.00354. The Kier molecular flexibility index (Phi) is 4.03.